The Kier molecular flexibility index (Phi) is 7.00. The normalized spacial score (nSPS) is 18.1. The predicted octanol–water partition coefficient (Wildman–Crippen LogP) is 1.67. The van der Waals surface area contributed by atoms with Gasteiger partial charge in [0.1, 0.15) is 11.9 Å². The molecule has 0 aliphatic carbocycles. The first-order chi connectivity index (χ1) is 12.0. The van der Waals surface area contributed by atoms with Crippen molar-refractivity contribution in [3.8, 4) is 6.07 Å². The van der Waals surface area contributed by atoms with E-state index in [4.69, 9.17) is 9.47 Å². The molecule has 0 aromatic carbocycles. The van der Waals surface area contributed by atoms with Gasteiger partial charge in [0.2, 0.25) is 5.91 Å². The van der Waals surface area contributed by atoms with Crippen LogP contribution >= 0.6 is 0 Å². The second-order valence-corrected chi connectivity index (χ2v) is 6.49. The minimum absolute atomic E-state index is 0.101. The molecule has 0 bridgehead atoms. The summed E-state index contributed by atoms with van der Waals surface area (Å²) in [5, 5.41) is 12.5. The van der Waals surface area contributed by atoms with Gasteiger partial charge in [-0.05, 0) is 32.8 Å². The lowest BCUT2D eigenvalue weighted by atomic mass is 10.2. The summed E-state index contributed by atoms with van der Waals surface area (Å²) in [6, 6.07) is 2.45. The van der Waals surface area contributed by atoms with Crippen molar-refractivity contribution in [2.45, 2.75) is 39.8 Å². The number of methoxy groups -OCH3 is 1. The van der Waals surface area contributed by atoms with Crippen LogP contribution in [-0.4, -0.2) is 61.4 Å². The van der Waals surface area contributed by atoms with Gasteiger partial charge in [-0.1, -0.05) is 0 Å². The maximum Gasteiger partial charge on any atom is 0.239 e. The minimum Gasteiger partial charge on any atom is -0.385 e. The van der Waals surface area contributed by atoms with Crippen molar-refractivity contribution in [3.63, 3.8) is 0 Å². The number of rotatable bonds is 7. The molecule has 1 aromatic heterocycles. The number of carbonyl (C=O) groups excluding carboxylic acids is 1. The van der Waals surface area contributed by atoms with Crippen LogP contribution in [0.5, 0.6) is 0 Å². The molecule has 1 amide bonds. The fourth-order valence-corrected chi connectivity index (χ4v) is 3.13. The lowest BCUT2D eigenvalue weighted by Gasteiger charge is -2.32. The predicted molar refractivity (Wildman–Crippen MR) is 95.6 cm³/mol. The van der Waals surface area contributed by atoms with Gasteiger partial charge < -0.3 is 19.4 Å². The third kappa shape index (κ3) is 4.60. The van der Waals surface area contributed by atoms with Crippen LogP contribution in [0.3, 0.4) is 0 Å². The topological polar surface area (TPSA) is 79.5 Å². The van der Waals surface area contributed by atoms with Gasteiger partial charge in [-0.15, -0.1) is 0 Å². The molecule has 7 heteroatoms. The van der Waals surface area contributed by atoms with Crippen LogP contribution in [0.1, 0.15) is 30.2 Å². The van der Waals surface area contributed by atoms with E-state index < -0.39 is 0 Å². The van der Waals surface area contributed by atoms with Crippen LogP contribution in [0.25, 0.3) is 0 Å². The Hall–Kier alpha value is -1.88. The van der Waals surface area contributed by atoms with Gasteiger partial charge in [0.25, 0.3) is 0 Å². The Bertz CT molecular complexity index is 648. The molecule has 1 aromatic rings. The van der Waals surface area contributed by atoms with E-state index in [9.17, 15) is 10.1 Å². The highest BCUT2D eigenvalue weighted by atomic mass is 16.5. The van der Waals surface area contributed by atoms with Crippen molar-refractivity contribution in [2.24, 2.45) is 0 Å². The van der Waals surface area contributed by atoms with Gasteiger partial charge in [0, 0.05) is 38.5 Å². The van der Waals surface area contributed by atoms with Crippen molar-refractivity contribution in [2.75, 3.05) is 45.3 Å². The van der Waals surface area contributed by atoms with Gasteiger partial charge in [0.15, 0.2) is 0 Å². The number of hydrogen-bond donors (Lipinski definition) is 1. The van der Waals surface area contributed by atoms with Crippen LogP contribution in [0.2, 0.25) is 0 Å². The van der Waals surface area contributed by atoms with Gasteiger partial charge >= 0.3 is 0 Å². The molecule has 0 saturated carbocycles. The van der Waals surface area contributed by atoms with Crippen molar-refractivity contribution >= 4 is 11.7 Å². The first kappa shape index (κ1) is 19.4. The van der Waals surface area contributed by atoms with Gasteiger partial charge in [-0.2, -0.15) is 5.26 Å². The second kappa shape index (κ2) is 8.99. The Balaban J connectivity index is 2.14. The van der Waals surface area contributed by atoms with E-state index in [1.165, 1.54) is 0 Å². The summed E-state index contributed by atoms with van der Waals surface area (Å²) >= 11 is 0. The molecule has 1 fully saturated rings. The Labute approximate surface area is 149 Å². The van der Waals surface area contributed by atoms with Crippen LogP contribution in [0, 0.1) is 25.2 Å². The van der Waals surface area contributed by atoms with E-state index in [1.54, 1.807) is 7.11 Å². The molecule has 138 valence electrons. The number of nitrogens with one attached hydrogen (secondary N) is 1. The molecule has 1 N–H and O–H groups in total. The van der Waals surface area contributed by atoms with Crippen LogP contribution in [0.15, 0.2) is 0 Å². The maximum atomic E-state index is 12.6. The van der Waals surface area contributed by atoms with E-state index in [1.807, 2.05) is 18.4 Å². The number of morpholine rings is 1. The molecule has 0 unspecified atom stereocenters. The summed E-state index contributed by atoms with van der Waals surface area (Å²) in [5.74, 6) is 0.496. The molecule has 0 spiro atoms. The highest BCUT2D eigenvalue weighted by Gasteiger charge is 2.23. The summed E-state index contributed by atoms with van der Waals surface area (Å²) in [7, 11) is 1.67. The van der Waals surface area contributed by atoms with Crippen LogP contribution in [0.4, 0.5) is 5.82 Å². The molecule has 1 aliphatic heterocycles. The lowest BCUT2D eigenvalue weighted by molar-refractivity contribution is -0.119. The number of amides is 1. The molecule has 1 atom stereocenters. The van der Waals surface area contributed by atoms with Crippen molar-refractivity contribution < 1.29 is 14.3 Å². The summed E-state index contributed by atoms with van der Waals surface area (Å²) < 4.78 is 12.5. The molecular formula is C18H28N4O3. The average Bonchev–Trinajstić information content (AvgIpc) is 2.81. The molecule has 1 saturated heterocycles. The van der Waals surface area contributed by atoms with E-state index in [2.05, 4.69) is 23.2 Å². The highest BCUT2D eigenvalue weighted by molar-refractivity contribution is 5.93. The quantitative estimate of drug-likeness (QED) is 0.758. The van der Waals surface area contributed by atoms with Crippen molar-refractivity contribution in [1.82, 2.24) is 9.47 Å². The largest absolute Gasteiger partial charge is 0.385 e. The zero-order valence-electron chi connectivity index (χ0n) is 15.6. The number of anilines is 1. The van der Waals surface area contributed by atoms with Gasteiger partial charge in [-0.3, -0.25) is 9.69 Å². The average molecular weight is 348 g/mol. The summed E-state index contributed by atoms with van der Waals surface area (Å²) in [6.07, 6.45) is 0.819. The lowest BCUT2D eigenvalue weighted by Crippen LogP contribution is -2.47. The SMILES string of the molecule is COCCCn1c(C)c(C)c(C#N)c1NC(=O)CN1CCOC[C@H]1C. The van der Waals surface area contributed by atoms with E-state index >= 15 is 0 Å². The number of nitriles is 1. The molecule has 1 aliphatic rings. The first-order valence-electron chi connectivity index (χ1n) is 8.70. The minimum atomic E-state index is -0.101. The van der Waals surface area contributed by atoms with Crippen molar-refractivity contribution in [3.05, 3.63) is 16.8 Å². The zero-order chi connectivity index (χ0) is 18.4. The number of hydrogen-bond acceptors (Lipinski definition) is 5. The number of aromatic nitrogens is 1. The summed E-state index contributed by atoms with van der Waals surface area (Å²) in [4.78, 5) is 14.7. The third-order valence-corrected chi connectivity index (χ3v) is 4.78. The molecule has 0 radical (unpaired) electrons. The summed E-state index contributed by atoms with van der Waals surface area (Å²) in [6.45, 7) is 9.61. The smallest absolute Gasteiger partial charge is 0.239 e. The van der Waals surface area contributed by atoms with E-state index in [0.29, 0.717) is 44.3 Å². The number of ether oxygens (including phenoxy) is 2. The fourth-order valence-electron chi connectivity index (χ4n) is 3.13. The highest BCUT2D eigenvalue weighted by Crippen LogP contribution is 2.26. The second-order valence-electron chi connectivity index (χ2n) is 6.49. The Morgan fingerprint density at radius 1 is 1.48 bits per heavy atom. The first-order valence-corrected chi connectivity index (χ1v) is 8.70. The number of nitrogens with zero attached hydrogens (tertiary/aromatic N) is 3. The van der Waals surface area contributed by atoms with Gasteiger partial charge in [0.05, 0.1) is 25.3 Å². The third-order valence-electron chi connectivity index (χ3n) is 4.78. The monoisotopic (exact) mass is 348 g/mol. The van der Waals surface area contributed by atoms with E-state index in [-0.39, 0.29) is 11.9 Å². The maximum absolute atomic E-state index is 12.6. The zero-order valence-corrected chi connectivity index (χ0v) is 15.6. The fraction of sp³-hybridized carbons (Fsp3) is 0.667. The standard InChI is InChI=1S/C18H28N4O3/c1-13-12-25-9-7-21(13)11-17(23)20-18-16(10-19)14(2)15(3)22(18)6-5-8-24-4/h13H,5-9,11-12H2,1-4H3,(H,20,23)/t13-/m1/s1. The Morgan fingerprint density at radius 2 is 2.24 bits per heavy atom. The van der Waals surface area contributed by atoms with E-state index in [0.717, 1.165) is 24.2 Å². The number of carbonyl (C=O) groups is 1. The van der Waals surface area contributed by atoms with Gasteiger partial charge in [-0.25, -0.2) is 0 Å². The molecule has 25 heavy (non-hydrogen) atoms. The molecule has 7 nitrogen and oxygen atoms in total. The van der Waals surface area contributed by atoms with Crippen LogP contribution < -0.4 is 5.32 Å². The molecule has 2 heterocycles. The summed E-state index contributed by atoms with van der Waals surface area (Å²) in [5.41, 5.74) is 2.45. The van der Waals surface area contributed by atoms with Crippen molar-refractivity contribution in [1.29, 1.82) is 5.26 Å². The molecular weight excluding hydrogens is 320 g/mol. The van der Waals surface area contributed by atoms with Crippen LogP contribution in [-0.2, 0) is 20.8 Å². The Morgan fingerprint density at radius 3 is 2.88 bits per heavy atom. The molecule has 2 rings (SSSR count).